The summed E-state index contributed by atoms with van der Waals surface area (Å²) in [6.07, 6.45) is 8.50. The lowest BCUT2D eigenvalue weighted by molar-refractivity contribution is -0.133. The van der Waals surface area contributed by atoms with Crippen LogP contribution in [0.2, 0.25) is 0 Å². The summed E-state index contributed by atoms with van der Waals surface area (Å²) in [5, 5.41) is 12.8. The molecule has 21 heavy (non-hydrogen) atoms. The van der Waals surface area contributed by atoms with Crippen LogP contribution in [-0.2, 0) is 4.79 Å². The molecule has 1 aliphatic heterocycles. The smallest absolute Gasteiger partial charge is 0.222 e. The summed E-state index contributed by atoms with van der Waals surface area (Å²) in [6, 6.07) is 0. The Kier molecular flexibility index (Phi) is 10.2. The Balaban J connectivity index is 0. The van der Waals surface area contributed by atoms with Gasteiger partial charge in [0.1, 0.15) is 0 Å². The number of hydrogen-bond donors (Lipinski definition) is 2. The maximum absolute atomic E-state index is 11.9. The van der Waals surface area contributed by atoms with E-state index in [1.165, 1.54) is 7.11 Å². The topological polar surface area (TPSA) is 60.8 Å². The number of hydrogen-bond acceptors (Lipinski definition) is 3. The predicted molar refractivity (Wildman–Crippen MR) is 88.2 cm³/mol. The zero-order chi connectivity index (χ0) is 19.7. The molecule has 1 saturated heterocycles. The van der Waals surface area contributed by atoms with E-state index in [4.69, 9.17) is 12.0 Å². The average molecular weight is 328 g/mol. The van der Waals surface area contributed by atoms with Crippen LogP contribution in [0.5, 0.6) is 0 Å². The van der Waals surface area contributed by atoms with Crippen molar-refractivity contribution in [2.24, 2.45) is 5.41 Å². The molecule has 1 aliphatic rings. The van der Waals surface area contributed by atoms with E-state index in [-0.39, 0.29) is 24.8 Å². The van der Waals surface area contributed by atoms with Gasteiger partial charge in [0.25, 0.3) is 0 Å². The maximum atomic E-state index is 11.9. The summed E-state index contributed by atoms with van der Waals surface area (Å²) in [4.78, 5) is 13.8. The third-order valence-corrected chi connectivity index (χ3v) is 3.47. The van der Waals surface area contributed by atoms with E-state index in [0.29, 0.717) is 19.5 Å². The Morgan fingerprint density at radius 1 is 1.52 bits per heavy atom. The molecule has 124 valence electrons. The monoisotopic (exact) mass is 327 g/mol. The van der Waals surface area contributed by atoms with E-state index >= 15 is 0 Å². The zero-order valence-corrected chi connectivity index (χ0v) is 13.6. The first-order chi connectivity index (χ1) is 11.8. The quantitative estimate of drug-likeness (QED) is 0.462. The van der Waals surface area contributed by atoms with Gasteiger partial charge < -0.3 is 15.1 Å². The molecular formula is C16H30ClNO3. The Morgan fingerprint density at radius 2 is 2.10 bits per heavy atom. The van der Waals surface area contributed by atoms with Crippen molar-refractivity contribution in [1.29, 1.82) is 1.43 Å². The van der Waals surface area contributed by atoms with Crippen molar-refractivity contribution in [2.75, 3.05) is 33.1 Å². The number of amides is 1. The third-order valence-electron chi connectivity index (χ3n) is 3.47. The number of alkyl halides is 1. The van der Waals surface area contributed by atoms with Crippen molar-refractivity contribution < 1.29 is 19.1 Å². The highest BCUT2D eigenvalue weighted by molar-refractivity contribution is 6.15. The molecule has 2 N–H and O–H groups in total. The van der Waals surface area contributed by atoms with Gasteiger partial charge in [0.15, 0.2) is 0 Å². The van der Waals surface area contributed by atoms with E-state index in [0.717, 1.165) is 32.1 Å². The van der Waals surface area contributed by atoms with Crippen LogP contribution in [-0.4, -0.2) is 55.6 Å². The Bertz CT molecular complexity index is 364. The van der Waals surface area contributed by atoms with Crippen molar-refractivity contribution >= 4 is 17.5 Å². The predicted octanol–water partition coefficient (Wildman–Crippen LogP) is 2.26. The highest BCUT2D eigenvalue weighted by atomic mass is 35.5. The Morgan fingerprint density at radius 3 is 2.52 bits per heavy atom. The number of carbonyl (C=O) groups excluding carboxylic acids is 1. The number of unbranched alkanes of at least 4 members (excludes halogenated alkanes) is 2. The van der Waals surface area contributed by atoms with Crippen molar-refractivity contribution in [3.05, 3.63) is 0 Å². The van der Waals surface area contributed by atoms with Gasteiger partial charge in [-0.15, -0.1) is 23.9 Å². The Hall–Kier alpha value is -0.760. The van der Waals surface area contributed by atoms with Crippen LogP contribution in [0.4, 0.5) is 0 Å². The molecule has 1 amide bonds. The van der Waals surface area contributed by atoms with Crippen LogP contribution in [0.1, 0.15) is 49.5 Å². The summed E-state index contributed by atoms with van der Waals surface area (Å²) >= 11 is 4.61. The van der Waals surface area contributed by atoms with Gasteiger partial charge in [-0.25, -0.2) is 0 Å². The molecule has 1 fully saturated rings. The van der Waals surface area contributed by atoms with E-state index in [1.807, 2.05) is 4.90 Å². The van der Waals surface area contributed by atoms with Gasteiger partial charge in [-0.05, 0) is 31.1 Å². The van der Waals surface area contributed by atoms with Crippen LogP contribution in [0.25, 0.3) is 0 Å². The second kappa shape index (κ2) is 14.2. The van der Waals surface area contributed by atoms with Crippen molar-refractivity contribution in [1.82, 2.24) is 4.90 Å². The number of likely N-dealkylation sites (tertiary alicyclic amines) is 1. The van der Waals surface area contributed by atoms with Gasteiger partial charge >= 0.3 is 0 Å². The van der Waals surface area contributed by atoms with Gasteiger partial charge in [-0.1, -0.05) is 6.90 Å². The van der Waals surface area contributed by atoms with Crippen LogP contribution in [0.3, 0.4) is 0 Å². The number of piperidine rings is 1. The third kappa shape index (κ3) is 9.73. The molecule has 1 rings (SSSR count). The lowest BCUT2D eigenvalue weighted by atomic mass is 9.81. The first kappa shape index (κ1) is 15.1. The molecule has 0 aromatic carbocycles. The molecule has 0 spiro atoms. The summed E-state index contributed by atoms with van der Waals surface area (Å²) in [7, 11) is 1.29. The van der Waals surface area contributed by atoms with E-state index in [9.17, 15) is 9.90 Å². The number of aliphatic hydroxyl groups excluding tert-OH is 2. The zero-order valence-electron chi connectivity index (χ0n) is 16.8. The van der Waals surface area contributed by atoms with Gasteiger partial charge in [0.05, 0.1) is 0 Å². The van der Waals surface area contributed by atoms with Gasteiger partial charge in [0.2, 0.25) is 7.34 Å². The fourth-order valence-corrected chi connectivity index (χ4v) is 2.05. The van der Waals surface area contributed by atoms with Crippen molar-refractivity contribution in [2.45, 2.75) is 45.4 Å². The van der Waals surface area contributed by atoms with Gasteiger partial charge in [-0.3, -0.25) is 4.79 Å². The largest absolute Gasteiger partial charge is 0.400 e. The summed E-state index contributed by atoms with van der Waals surface area (Å²) in [5.41, 5.74) is -0.278. The molecule has 0 aromatic rings. The van der Waals surface area contributed by atoms with Crippen LogP contribution >= 0.6 is 11.6 Å². The van der Waals surface area contributed by atoms with E-state index < -0.39 is 6.34 Å². The first-order valence-corrected chi connectivity index (χ1v) is 7.35. The van der Waals surface area contributed by atoms with Gasteiger partial charge in [-0.2, -0.15) is 0 Å². The number of nitrogens with zero attached hydrogens (tertiary/aromatic N) is 1. The molecule has 5 heteroatoms. The molecule has 0 atom stereocenters. The molecular weight excluding hydrogens is 290 g/mol. The number of carbonyl (C=O) groups is 1. The van der Waals surface area contributed by atoms with Crippen LogP contribution in [0.15, 0.2) is 0 Å². The minimum absolute atomic E-state index is 0.0562. The van der Waals surface area contributed by atoms with Crippen molar-refractivity contribution in [3.8, 4) is 12.3 Å². The minimum atomic E-state index is -1.19. The van der Waals surface area contributed by atoms with Crippen LogP contribution in [0, 0.1) is 17.8 Å². The second-order valence-electron chi connectivity index (χ2n) is 4.95. The maximum Gasteiger partial charge on any atom is 0.222 e. The molecule has 0 aromatic heterocycles. The number of rotatable bonds is 5. The fraction of sp³-hybridized carbons (Fsp3) is 0.812. The van der Waals surface area contributed by atoms with Gasteiger partial charge in [0, 0.05) is 50.1 Å². The average Bonchev–Trinajstić information content (AvgIpc) is 2.59. The minimum Gasteiger partial charge on any atom is -0.400 e. The first-order valence-electron chi connectivity index (χ1n) is 9.18. The molecule has 0 radical (unpaired) electrons. The Labute approximate surface area is 140 Å². The molecule has 0 saturated carbocycles. The molecule has 0 bridgehead atoms. The summed E-state index contributed by atoms with van der Waals surface area (Å²) in [6.45, 7) is 1.65. The number of aliphatic hydroxyl groups is 2. The van der Waals surface area contributed by atoms with Crippen molar-refractivity contribution in [3.63, 3.8) is 0 Å². The molecule has 1 heterocycles. The number of terminal acetylenes is 1. The summed E-state index contributed by atoms with van der Waals surface area (Å²) in [5.74, 6) is 2.76. The number of halogens is 1. The molecule has 0 aliphatic carbocycles. The lowest BCUT2D eigenvalue weighted by Crippen LogP contribution is -2.43. The van der Waals surface area contributed by atoms with E-state index in [2.05, 4.69) is 22.6 Å². The van der Waals surface area contributed by atoms with Crippen LogP contribution < -0.4 is 0 Å². The normalized spacial score (nSPS) is 18.5. The highest BCUT2D eigenvalue weighted by Crippen LogP contribution is 2.30. The highest BCUT2D eigenvalue weighted by Gasteiger charge is 2.30. The fourth-order valence-electron chi connectivity index (χ4n) is 2.05. The summed E-state index contributed by atoms with van der Waals surface area (Å²) < 4.78 is 25.2. The lowest BCUT2D eigenvalue weighted by Gasteiger charge is -2.38. The molecule has 0 unspecified atom stereocenters. The standard InChI is InChI=1S/C14H23NO2.CH3Cl.CH4O/c1-3-4-5-6-7-13(17)15-10-8-14(2,12-16)9-11-15;2*1-2/h1,16H,4-12H2,2H3;1H3;2H,1H3/i2T;1T2;2T. The molecule has 4 nitrogen and oxygen atoms in total. The second-order valence-corrected chi connectivity index (χ2v) is 4.95. The SMILES string of the molecule is [3H]C([3H])Cl.[3H]CC1(CO)CCN(C(=O)CCCCC#C)CC1.[3H]OC. The van der Waals surface area contributed by atoms with E-state index in [1.54, 1.807) is 0 Å².